The summed E-state index contributed by atoms with van der Waals surface area (Å²) in [6.45, 7) is 5.20. The highest BCUT2D eigenvalue weighted by molar-refractivity contribution is 7.91. The van der Waals surface area contributed by atoms with Gasteiger partial charge >= 0.3 is 0 Å². The van der Waals surface area contributed by atoms with Gasteiger partial charge in [0.05, 0.1) is 44.3 Å². The lowest BCUT2D eigenvalue weighted by Gasteiger charge is -2.31. The lowest BCUT2D eigenvalue weighted by Crippen LogP contribution is -2.52. The number of sulfone groups is 1. The van der Waals surface area contributed by atoms with Crippen LogP contribution in [0.3, 0.4) is 0 Å². The smallest absolute Gasteiger partial charge is 0.243 e. The summed E-state index contributed by atoms with van der Waals surface area (Å²) in [4.78, 5) is 21.7. The first-order chi connectivity index (χ1) is 21.3. The fourth-order valence-corrected chi connectivity index (χ4v) is 9.06. The van der Waals surface area contributed by atoms with Crippen molar-refractivity contribution in [1.82, 2.24) is 19.6 Å². The van der Waals surface area contributed by atoms with E-state index in [1.54, 1.807) is 42.2 Å². The van der Waals surface area contributed by atoms with Crippen molar-refractivity contribution in [3.05, 3.63) is 89.7 Å². The van der Waals surface area contributed by atoms with Crippen LogP contribution in [-0.2, 0) is 37.5 Å². The van der Waals surface area contributed by atoms with E-state index in [0.717, 1.165) is 15.8 Å². The fourth-order valence-electron chi connectivity index (χ4n) is 4.99. The summed E-state index contributed by atoms with van der Waals surface area (Å²) >= 11 is 1.34. The molecule has 1 amide bonds. The first kappa shape index (κ1) is 34.6. The largest absolute Gasteiger partial charge is 0.390 e. The highest BCUT2D eigenvalue weighted by Crippen LogP contribution is 2.25. The van der Waals surface area contributed by atoms with Gasteiger partial charge in [0.2, 0.25) is 15.9 Å². The van der Waals surface area contributed by atoms with E-state index in [1.165, 1.54) is 28.6 Å². The third kappa shape index (κ3) is 9.88. The molecular formula is C32H40N4O6S3. The van der Waals surface area contributed by atoms with Crippen molar-refractivity contribution >= 4 is 47.3 Å². The molecule has 0 aliphatic rings. The number of hydrogen-bond acceptors (Lipinski definition) is 9. The van der Waals surface area contributed by atoms with Gasteiger partial charge in [0.1, 0.15) is 0 Å². The Morgan fingerprint density at radius 2 is 1.71 bits per heavy atom. The summed E-state index contributed by atoms with van der Waals surface area (Å²) in [5.41, 5.74) is 3.97. The molecule has 0 aliphatic heterocycles. The van der Waals surface area contributed by atoms with Crippen LogP contribution in [0.25, 0.3) is 10.2 Å². The Hall–Kier alpha value is -3.23. The normalized spacial score (nSPS) is 14.4. The van der Waals surface area contributed by atoms with Crippen molar-refractivity contribution in [2.75, 3.05) is 24.6 Å². The fraction of sp³-hybridized carbons (Fsp3) is 0.406. The molecule has 10 nitrogen and oxygen atoms in total. The minimum atomic E-state index is -4.01. The van der Waals surface area contributed by atoms with Crippen LogP contribution < -0.4 is 5.32 Å². The van der Waals surface area contributed by atoms with Crippen molar-refractivity contribution in [3.63, 3.8) is 0 Å². The number of carbonyl (C=O) groups excluding carboxylic acids is 1. The van der Waals surface area contributed by atoms with E-state index < -0.39 is 43.8 Å². The van der Waals surface area contributed by atoms with Crippen LogP contribution in [0, 0.1) is 11.8 Å². The van der Waals surface area contributed by atoms with Gasteiger partial charge < -0.3 is 10.4 Å². The monoisotopic (exact) mass is 672 g/mol. The van der Waals surface area contributed by atoms with Crippen LogP contribution >= 0.6 is 11.3 Å². The second kappa shape index (κ2) is 15.4. The third-order valence-electron chi connectivity index (χ3n) is 7.37. The summed E-state index contributed by atoms with van der Waals surface area (Å²) in [5, 5.41) is 14.4. The van der Waals surface area contributed by atoms with Crippen LogP contribution in [0.4, 0.5) is 0 Å². The van der Waals surface area contributed by atoms with Crippen molar-refractivity contribution < 1.29 is 26.7 Å². The number of aliphatic hydroxyl groups excluding tert-OH is 1. The molecule has 242 valence electrons. The Bertz CT molecular complexity index is 1760. The van der Waals surface area contributed by atoms with Gasteiger partial charge in [0.25, 0.3) is 0 Å². The molecule has 2 N–H and O–H groups in total. The molecule has 2 heterocycles. The first-order valence-electron chi connectivity index (χ1n) is 14.8. The molecule has 0 radical (unpaired) electrons. The molecule has 0 aliphatic carbocycles. The second-order valence-corrected chi connectivity index (χ2v) is 16.7. The maximum atomic E-state index is 13.8. The van der Waals surface area contributed by atoms with E-state index in [9.17, 15) is 26.7 Å². The molecule has 4 rings (SSSR count). The Labute approximate surface area is 269 Å². The van der Waals surface area contributed by atoms with Crippen LogP contribution in [0.2, 0.25) is 0 Å². The van der Waals surface area contributed by atoms with Gasteiger partial charge in [-0.15, -0.1) is 11.3 Å². The minimum absolute atomic E-state index is 0.0434. The molecule has 1 unspecified atom stereocenters. The number of fused-ring (bicyclic) bond motifs is 1. The van der Waals surface area contributed by atoms with Crippen LogP contribution in [0.15, 0.2) is 83.5 Å². The van der Waals surface area contributed by atoms with Crippen molar-refractivity contribution in [2.45, 2.75) is 50.7 Å². The number of aryl methyl sites for hydroxylation is 1. The van der Waals surface area contributed by atoms with Gasteiger partial charge in [-0.1, -0.05) is 57.2 Å². The van der Waals surface area contributed by atoms with E-state index in [1.807, 2.05) is 44.2 Å². The van der Waals surface area contributed by atoms with Gasteiger partial charge in [-0.2, -0.15) is 4.31 Å². The summed E-state index contributed by atoms with van der Waals surface area (Å²) in [6.07, 6.45) is 2.45. The van der Waals surface area contributed by atoms with E-state index in [2.05, 4.69) is 15.3 Å². The van der Waals surface area contributed by atoms with Gasteiger partial charge in [-0.3, -0.25) is 9.78 Å². The van der Waals surface area contributed by atoms with E-state index in [0.29, 0.717) is 5.52 Å². The Kier molecular flexibility index (Phi) is 11.8. The number of pyridine rings is 1. The number of carbonyl (C=O) groups is 1. The zero-order valence-corrected chi connectivity index (χ0v) is 28.1. The molecule has 0 bridgehead atoms. The number of rotatable bonds is 16. The van der Waals surface area contributed by atoms with E-state index in [-0.39, 0.29) is 48.3 Å². The number of nitrogens with one attached hydrogen (secondary N) is 1. The molecule has 0 spiro atoms. The predicted molar refractivity (Wildman–Crippen MR) is 177 cm³/mol. The molecular weight excluding hydrogens is 633 g/mol. The molecule has 13 heteroatoms. The number of hydrogen-bond donors (Lipinski definition) is 2. The first-order valence-corrected chi connectivity index (χ1v) is 18.9. The minimum Gasteiger partial charge on any atom is -0.390 e. The maximum Gasteiger partial charge on any atom is 0.243 e. The Morgan fingerprint density at radius 3 is 2.40 bits per heavy atom. The molecule has 3 atom stereocenters. The number of benzene rings is 2. The van der Waals surface area contributed by atoms with Crippen molar-refractivity contribution in [1.29, 1.82) is 0 Å². The molecule has 2 aromatic carbocycles. The summed E-state index contributed by atoms with van der Waals surface area (Å²) in [7, 11) is -7.58. The number of aromatic nitrogens is 2. The highest BCUT2D eigenvalue weighted by Gasteiger charge is 2.33. The molecule has 0 saturated carbocycles. The number of aliphatic hydroxyl groups is 1. The summed E-state index contributed by atoms with van der Waals surface area (Å²) < 4.78 is 55.4. The molecule has 2 aromatic heterocycles. The van der Waals surface area contributed by atoms with Crippen LogP contribution in [0.5, 0.6) is 0 Å². The SMILES string of the molecule is CC(C)CN(C[C@@H](O)C(Cc1ccccc1)NC(=O)[C@H](C)CS(=O)(=O)CCc1cccnc1)S(=O)(=O)c1ccc2ncsc2c1. The number of nitrogens with zero attached hydrogens (tertiary/aromatic N) is 3. The van der Waals surface area contributed by atoms with Gasteiger partial charge in [0, 0.05) is 31.4 Å². The lowest BCUT2D eigenvalue weighted by molar-refractivity contribution is -0.125. The molecule has 4 aromatic rings. The topological polar surface area (TPSA) is 147 Å². The van der Waals surface area contributed by atoms with E-state index in [4.69, 9.17) is 0 Å². The second-order valence-electron chi connectivity index (χ2n) is 11.7. The lowest BCUT2D eigenvalue weighted by atomic mass is 10.00. The van der Waals surface area contributed by atoms with Crippen LogP contribution in [0.1, 0.15) is 31.9 Å². The number of amides is 1. The van der Waals surface area contributed by atoms with Gasteiger partial charge in [-0.05, 0) is 54.2 Å². The van der Waals surface area contributed by atoms with Crippen LogP contribution in [-0.4, -0.2) is 78.9 Å². The Balaban J connectivity index is 1.51. The maximum absolute atomic E-state index is 13.8. The highest BCUT2D eigenvalue weighted by atomic mass is 32.2. The molecule has 0 saturated heterocycles. The average Bonchev–Trinajstić information content (AvgIpc) is 3.48. The zero-order chi connectivity index (χ0) is 32.6. The number of thiazole rings is 1. The average molecular weight is 673 g/mol. The summed E-state index contributed by atoms with van der Waals surface area (Å²) in [6, 6.07) is 16.6. The van der Waals surface area contributed by atoms with Crippen molar-refractivity contribution in [3.8, 4) is 0 Å². The van der Waals surface area contributed by atoms with E-state index >= 15 is 0 Å². The molecule has 45 heavy (non-hydrogen) atoms. The molecule has 0 fully saturated rings. The zero-order valence-electron chi connectivity index (χ0n) is 25.6. The quantitative estimate of drug-likeness (QED) is 0.183. The predicted octanol–water partition coefficient (Wildman–Crippen LogP) is 3.72. The summed E-state index contributed by atoms with van der Waals surface area (Å²) in [5.74, 6) is -1.95. The van der Waals surface area contributed by atoms with Crippen molar-refractivity contribution in [2.24, 2.45) is 11.8 Å². The Morgan fingerprint density at radius 1 is 0.978 bits per heavy atom. The van der Waals surface area contributed by atoms with Gasteiger partial charge in [-0.25, -0.2) is 21.8 Å². The third-order valence-corrected chi connectivity index (χ3v) is 11.8. The standard InChI is InChI=1S/C32H40N4O6S3/c1-23(2)19-36(45(41,42)27-11-12-28-31(17-27)43-22-34-28)20-30(37)29(16-25-8-5-4-6-9-25)35-32(38)24(3)21-44(39,40)15-13-26-10-7-14-33-18-26/h4-12,14,17-18,22-24,29-30,37H,13,15-16,19-21H2,1-3H3,(H,35,38)/t24-,29?,30-/m1/s1. The number of sulfonamides is 1. The van der Waals surface area contributed by atoms with Gasteiger partial charge in [0.15, 0.2) is 9.84 Å².